The monoisotopic (exact) mass is 362 g/mol. The zero-order valence-corrected chi connectivity index (χ0v) is 13.2. The highest BCUT2D eigenvalue weighted by atomic mass is 79.9. The summed E-state index contributed by atoms with van der Waals surface area (Å²) in [6.45, 7) is 0. The van der Waals surface area contributed by atoms with Gasteiger partial charge in [0.05, 0.1) is 15.4 Å². The van der Waals surface area contributed by atoms with Gasteiger partial charge in [-0.25, -0.2) is 0 Å². The van der Waals surface area contributed by atoms with Gasteiger partial charge in [0.2, 0.25) is 0 Å². The summed E-state index contributed by atoms with van der Waals surface area (Å²) in [5.41, 5.74) is 2.15. The first-order chi connectivity index (χ1) is 8.56. The van der Waals surface area contributed by atoms with Crippen molar-refractivity contribution in [3.8, 4) is 0 Å². The van der Waals surface area contributed by atoms with E-state index in [0.29, 0.717) is 10.0 Å². The molecular formula is C14H10BrCl3. The topological polar surface area (TPSA) is 0 Å². The van der Waals surface area contributed by atoms with Crippen LogP contribution in [-0.4, -0.2) is 0 Å². The third-order valence-electron chi connectivity index (χ3n) is 2.61. The van der Waals surface area contributed by atoms with Gasteiger partial charge in [-0.3, -0.25) is 0 Å². The molecule has 0 bridgehead atoms. The van der Waals surface area contributed by atoms with Crippen LogP contribution in [0, 0.1) is 0 Å². The van der Waals surface area contributed by atoms with Crippen LogP contribution in [0.4, 0.5) is 0 Å². The lowest BCUT2D eigenvalue weighted by molar-refractivity contribution is 0.919. The molecule has 2 rings (SSSR count). The Morgan fingerprint density at radius 1 is 1.00 bits per heavy atom. The summed E-state index contributed by atoms with van der Waals surface area (Å²) in [4.78, 5) is 0. The molecule has 0 aliphatic carbocycles. The van der Waals surface area contributed by atoms with Crippen LogP contribution in [0.1, 0.15) is 16.5 Å². The lowest BCUT2D eigenvalue weighted by atomic mass is 10.0. The highest BCUT2D eigenvalue weighted by Gasteiger charge is 2.11. The Morgan fingerprint density at radius 3 is 2.44 bits per heavy atom. The van der Waals surface area contributed by atoms with Crippen molar-refractivity contribution >= 4 is 50.7 Å². The van der Waals surface area contributed by atoms with Crippen LogP contribution in [-0.2, 0) is 6.42 Å². The van der Waals surface area contributed by atoms with Gasteiger partial charge in [-0.1, -0.05) is 57.3 Å². The molecule has 2 aromatic rings. The highest BCUT2D eigenvalue weighted by Crippen LogP contribution is 2.31. The Kier molecular flexibility index (Phi) is 4.97. The van der Waals surface area contributed by atoms with Crippen molar-refractivity contribution < 1.29 is 0 Å². The van der Waals surface area contributed by atoms with Crippen LogP contribution in [0.15, 0.2) is 46.9 Å². The fraction of sp³-hybridized carbons (Fsp3) is 0.143. The van der Waals surface area contributed by atoms with E-state index in [4.69, 9.17) is 34.8 Å². The SMILES string of the molecule is Clc1ccc(C(Cl)Cc2cccc(Br)c2)cc1Cl. The van der Waals surface area contributed by atoms with Crippen LogP contribution in [0.5, 0.6) is 0 Å². The Balaban J connectivity index is 2.16. The summed E-state index contributed by atoms with van der Waals surface area (Å²) >= 11 is 21.7. The van der Waals surface area contributed by atoms with E-state index in [-0.39, 0.29) is 5.38 Å². The van der Waals surface area contributed by atoms with E-state index in [2.05, 4.69) is 28.1 Å². The minimum atomic E-state index is -0.117. The van der Waals surface area contributed by atoms with E-state index < -0.39 is 0 Å². The minimum absolute atomic E-state index is 0.117. The second-order valence-electron chi connectivity index (χ2n) is 3.98. The molecule has 18 heavy (non-hydrogen) atoms. The molecule has 0 fully saturated rings. The fourth-order valence-electron chi connectivity index (χ4n) is 1.70. The molecule has 0 amide bonds. The molecule has 0 radical (unpaired) electrons. The van der Waals surface area contributed by atoms with Gasteiger partial charge in [-0.05, 0) is 41.8 Å². The Hall–Kier alpha value is -0.210. The Morgan fingerprint density at radius 2 is 1.78 bits per heavy atom. The first kappa shape index (κ1) is 14.2. The van der Waals surface area contributed by atoms with E-state index >= 15 is 0 Å². The molecule has 0 N–H and O–H groups in total. The van der Waals surface area contributed by atoms with Crippen molar-refractivity contribution in [1.82, 2.24) is 0 Å². The molecule has 1 atom stereocenters. The number of hydrogen-bond donors (Lipinski definition) is 0. The summed E-state index contributed by atoms with van der Waals surface area (Å²) in [6, 6.07) is 13.6. The van der Waals surface area contributed by atoms with Crippen molar-refractivity contribution in [2.75, 3.05) is 0 Å². The number of rotatable bonds is 3. The van der Waals surface area contributed by atoms with Gasteiger partial charge >= 0.3 is 0 Å². The quantitative estimate of drug-likeness (QED) is 0.562. The van der Waals surface area contributed by atoms with E-state index in [9.17, 15) is 0 Å². The molecule has 0 saturated heterocycles. The lowest BCUT2D eigenvalue weighted by Crippen LogP contribution is -1.96. The molecule has 94 valence electrons. The van der Waals surface area contributed by atoms with Gasteiger partial charge in [-0.2, -0.15) is 0 Å². The molecule has 0 nitrogen and oxygen atoms in total. The Bertz CT molecular complexity index is 554. The standard InChI is InChI=1S/C14H10BrCl3/c15-11-3-1-2-9(6-11)7-13(17)10-4-5-12(16)14(18)8-10/h1-6,8,13H,7H2. The third-order valence-corrected chi connectivity index (χ3v) is 4.25. The van der Waals surface area contributed by atoms with Gasteiger partial charge < -0.3 is 0 Å². The highest BCUT2D eigenvalue weighted by molar-refractivity contribution is 9.10. The van der Waals surface area contributed by atoms with Gasteiger partial charge in [0.25, 0.3) is 0 Å². The molecule has 0 aliphatic heterocycles. The van der Waals surface area contributed by atoms with Crippen molar-refractivity contribution in [3.63, 3.8) is 0 Å². The average Bonchev–Trinajstić information content (AvgIpc) is 2.32. The maximum absolute atomic E-state index is 6.40. The van der Waals surface area contributed by atoms with Gasteiger partial charge in [0.1, 0.15) is 0 Å². The first-order valence-corrected chi connectivity index (χ1v) is 7.38. The number of halogens is 4. The van der Waals surface area contributed by atoms with Gasteiger partial charge in [0, 0.05) is 4.47 Å². The Labute approximate surface area is 130 Å². The summed E-state index contributed by atoms with van der Waals surface area (Å²) in [5.74, 6) is 0. The summed E-state index contributed by atoms with van der Waals surface area (Å²) in [6.07, 6.45) is 0.749. The van der Waals surface area contributed by atoms with E-state index in [1.807, 2.05) is 24.3 Å². The molecule has 0 saturated carbocycles. The first-order valence-electron chi connectivity index (χ1n) is 5.40. The van der Waals surface area contributed by atoms with E-state index in [1.165, 1.54) is 5.56 Å². The van der Waals surface area contributed by atoms with Crippen LogP contribution in [0.2, 0.25) is 10.0 Å². The molecule has 0 aliphatic rings. The van der Waals surface area contributed by atoms with Crippen molar-refractivity contribution in [2.45, 2.75) is 11.8 Å². The predicted octanol–water partition coefficient (Wildman–Crippen LogP) is 6.28. The maximum Gasteiger partial charge on any atom is 0.0626 e. The smallest absolute Gasteiger partial charge is 0.0626 e. The second kappa shape index (κ2) is 6.29. The predicted molar refractivity (Wildman–Crippen MR) is 82.9 cm³/mol. The molecule has 0 aromatic heterocycles. The largest absolute Gasteiger partial charge is 0.117 e. The summed E-state index contributed by atoms with van der Waals surface area (Å²) in [5, 5.41) is 0.967. The maximum atomic E-state index is 6.40. The number of benzene rings is 2. The molecule has 1 unspecified atom stereocenters. The average molecular weight is 364 g/mol. The van der Waals surface area contributed by atoms with E-state index in [0.717, 1.165) is 16.5 Å². The number of alkyl halides is 1. The normalized spacial score (nSPS) is 12.4. The van der Waals surface area contributed by atoms with Gasteiger partial charge in [-0.15, -0.1) is 11.6 Å². The van der Waals surface area contributed by atoms with E-state index in [1.54, 1.807) is 6.07 Å². The zero-order chi connectivity index (χ0) is 13.1. The van der Waals surface area contributed by atoms with Gasteiger partial charge in [0.15, 0.2) is 0 Å². The zero-order valence-electron chi connectivity index (χ0n) is 9.34. The molecule has 0 heterocycles. The van der Waals surface area contributed by atoms with Crippen molar-refractivity contribution in [1.29, 1.82) is 0 Å². The summed E-state index contributed by atoms with van der Waals surface area (Å²) in [7, 11) is 0. The molecular weight excluding hydrogens is 354 g/mol. The lowest BCUT2D eigenvalue weighted by Gasteiger charge is -2.11. The molecule has 0 spiro atoms. The number of hydrogen-bond acceptors (Lipinski definition) is 0. The minimum Gasteiger partial charge on any atom is -0.117 e. The molecule has 2 aromatic carbocycles. The van der Waals surface area contributed by atoms with Crippen molar-refractivity contribution in [2.24, 2.45) is 0 Å². The molecule has 4 heteroatoms. The summed E-state index contributed by atoms with van der Waals surface area (Å²) < 4.78 is 1.05. The van der Waals surface area contributed by atoms with Crippen LogP contribution < -0.4 is 0 Å². The van der Waals surface area contributed by atoms with Crippen molar-refractivity contribution in [3.05, 3.63) is 68.1 Å². The second-order valence-corrected chi connectivity index (χ2v) is 6.23. The van der Waals surface area contributed by atoms with Crippen LogP contribution in [0.3, 0.4) is 0 Å². The van der Waals surface area contributed by atoms with Crippen LogP contribution >= 0.6 is 50.7 Å². The third kappa shape index (κ3) is 3.64. The van der Waals surface area contributed by atoms with Crippen LogP contribution in [0.25, 0.3) is 0 Å². The fourth-order valence-corrected chi connectivity index (χ4v) is 2.76.